The quantitative estimate of drug-likeness (QED) is 0.703. The number of nitrogens with one attached hydrogen (secondary N) is 3. The summed E-state index contributed by atoms with van der Waals surface area (Å²) in [4.78, 5) is 27.4. The monoisotopic (exact) mass is 329 g/mol. The summed E-state index contributed by atoms with van der Waals surface area (Å²) in [5.41, 5.74) is 4.30. The first-order valence-electron chi connectivity index (χ1n) is 8.36. The van der Waals surface area contributed by atoms with E-state index in [1.165, 1.54) is 24.1 Å². The van der Waals surface area contributed by atoms with Crippen molar-refractivity contribution in [1.82, 2.24) is 15.6 Å². The molecule has 3 rings (SSSR count). The number of benzene rings is 1. The minimum absolute atomic E-state index is 0.0359. The van der Waals surface area contributed by atoms with Gasteiger partial charge in [0.15, 0.2) is 0 Å². The highest BCUT2D eigenvalue weighted by Crippen LogP contribution is 2.29. The molecule has 0 bridgehead atoms. The Morgan fingerprint density at radius 3 is 2.88 bits per heavy atom. The van der Waals surface area contributed by atoms with Gasteiger partial charge in [0.1, 0.15) is 0 Å². The van der Waals surface area contributed by atoms with E-state index < -0.39 is 0 Å². The van der Waals surface area contributed by atoms with Crippen molar-refractivity contribution in [2.75, 3.05) is 26.8 Å². The normalized spacial score (nSPS) is 13.5. The Morgan fingerprint density at radius 1 is 1.21 bits per heavy atom. The molecule has 1 aromatic carbocycles. The number of carbonyl (C=O) groups is 2. The molecule has 1 aliphatic carbocycles. The number of H-pyrrole nitrogens is 1. The number of ether oxygens (including phenoxy) is 1. The first-order valence-corrected chi connectivity index (χ1v) is 8.36. The van der Waals surface area contributed by atoms with Crippen LogP contribution >= 0.6 is 0 Å². The van der Waals surface area contributed by atoms with Gasteiger partial charge < -0.3 is 20.4 Å². The molecule has 0 radical (unpaired) electrons. The zero-order chi connectivity index (χ0) is 16.9. The van der Waals surface area contributed by atoms with Crippen molar-refractivity contribution >= 4 is 22.7 Å². The summed E-state index contributed by atoms with van der Waals surface area (Å²) in [5, 5.41) is 6.46. The average Bonchev–Trinajstić information content (AvgIpc) is 2.97. The average molecular weight is 329 g/mol. The van der Waals surface area contributed by atoms with E-state index in [9.17, 15) is 9.59 Å². The number of methoxy groups -OCH3 is 1. The number of amides is 2. The Hall–Kier alpha value is -2.34. The molecule has 0 atom stereocenters. The Kier molecular flexibility index (Phi) is 5.15. The fraction of sp³-hybridized carbons (Fsp3) is 0.444. The SMILES string of the molecule is COCCNC(=O)CNC(=O)c1ccc2[nH]c3c(c2c1)CCCC3. The molecule has 6 heteroatoms. The van der Waals surface area contributed by atoms with Crippen molar-refractivity contribution < 1.29 is 14.3 Å². The van der Waals surface area contributed by atoms with Gasteiger partial charge in [-0.3, -0.25) is 9.59 Å². The van der Waals surface area contributed by atoms with Crippen LogP contribution in [0, 0.1) is 0 Å². The van der Waals surface area contributed by atoms with Gasteiger partial charge in [-0.1, -0.05) is 0 Å². The zero-order valence-corrected chi connectivity index (χ0v) is 13.9. The van der Waals surface area contributed by atoms with Gasteiger partial charge in [0.2, 0.25) is 5.91 Å². The van der Waals surface area contributed by atoms with Crippen LogP contribution in [0.1, 0.15) is 34.5 Å². The summed E-state index contributed by atoms with van der Waals surface area (Å²) in [7, 11) is 1.57. The zero-order valence-electron chi connectivity index (χ0n) is 13.9. The Bertz CT molecular complexity index is 751. The lowest BCUT2D eigenvalue weighted by atomic mass is 9.95. The number of carbonyl (C=O) groups excluding carboxylic acids is 2. The third-order valence-electron chi connectivity index (χ3n) is 4.40. The highest BCUT2D eigenvalue weighted by atomic mass is 16.5. The first kappa shape index (κ1) is 16.5. The van der Waals surface area contributed by atoms with E-state index in [1.807, 2.05) is 12.1 Å². The van der Waals surface area contributed by atoms with Crippen LogP contribution < -0.4 is 10.6 Å². The molecule has 3 N–H and O–H groups in total. The van der Waals surface area contributed by atoms with Crippen LogP contribution in [0.5, 0.6) is 0 Å². The maximum Gasteiger partial charge on any atom is 0.251 e. The molecule has 6 nitrogen and oxygen atoms in total. The van der Waals surface area contributed by atoms with Crippen LogP contribution in [0.15, 0.2) is 18.2 Å². The first-order chi connectivity index (χ1) is 11.7. The minimum atomic E-state index is -0.232. The standard InChI is InChI=1S/C18H23N3O3/c1-24-9-8-19-17(22)11-20-18(23)12-6-7-16-14(10-12)13-4-2-3-5-15(13)21-16/h6-7,10,21H,2-5,8-9,11H2,1H3,(H,19,22)(H,20,23). The largest absolute Gasteiger partial charge is 0.383 e. The van der Waals surface area contributed by atoms with E-state index in [4.69, 9.17) is 4.74 Å². The summed E-state index contributed by atoms with van der Waals surface area (Å²) < 4.78 is 4.86. The smallest absolute Gasteiger partial charge is 0.251 e. The Morgan fingerprint density at radius 2 is 2.04 bits per heavy atom. The number of aromatic nitrogens is 1. The maximum absolute atomic E-state index is 12.3. The molecule has 128 valence electrons. The number of hydrogen-bond donors (Lipinski definition) is 3. The summed E-state index contributed by atoms with van der Waals surface area (Å²) in [5.74, 6) is -0.454. The topological polar surface area (TPSA) is 83.2 Å². The Balaban J connectivity index is 1.65. The van der Waals surface area contributed by atoms with Crippen molar-refractivity contribution in [3.63, 3.8) is 0 Å². The van der Waals surface area contributed by atoms with Crippen LogP contribution in [0.25, 0.3) is 10.9 Å². The molecule has 0 spiro atoms. The van der Waals surface area contributed by atoms with E-state index in [2.05, 4.69) is 15.6 Å². The van der Waals surface area contributed by atoms with Crippen LogP contribution in [0.4, 0.5) is 0 Å². The Labute approximate surface area is 141 Å². The lowest BCUT2D eigenvalue weighted by Gasteiger charge is -2.10. The minimum Gasteiger partial charge on any atom is -0.383 e. The second-order valence-corrected chi connectivity index (χ2v) is 6.08. The summed E-state index contributed by atoms with van der Waals surface area (Å²) >= 11 is 0. The number of fused-ring (bicyclic) bond motifs is 3. The summed E-state index contributed by atoms with van der Waals surface area (Å²) in [6.45, 7) is 0.855. The van der Waals surface area contributed by atoms with E-state index in [-0.39, 0.29) is 18.4 Å². The van der Waals surface area contributed by atoms with Gasteiger partial charge in [-0.2, -0.15) is 0 Å². The number of rotatable bonds is 6. The van der Waals surface area contributed by atoms with Crippen LogP contribution in [0.2, 0.25) is 0 Å². The fourth-order valence-electron chi connectivity index (χ4n) is 3.16. The van der Waals surface area contributed by atoms with E-state index in [1.54, 1.807) is 13.2 Å². The number of aryl methyl sites for hydroxylation is 2. The van der Waals surface area contributed by atoms with Crippen LogP contribution in [-0.4, -0.2) is 43.6 Å². The van der Waals surface area contributed by atoms with Gasteiger partial charge in [-0.15, -0.1) is 0 Å². The lowest BCUT2D eigenvalue weighted by molar-refractivity contribution is -0.120. The van der Waals surface area contributed by atoms with Crippen molar-refractivity contribution in [2.45, 2.75) is 25.7 Å². The van der Waals surface area contributed by atoms with E-state index >= 15 is 0 Å². The van der Waals surface area contributed by atoms with Crippen LogP contribution in [-0.2, 0) is 22.4 Å². The third-order valence-corrected chi connectivity index (χ3v) is 4.40. The molecule has 1 aromatic heterocycles. The van der Waals surface area contributed by atoms with E-state index in [0.29, 0.717) is 18.7 Å². The van der Waals surface area contributed by atoms with Crippen molar-refractivity contribution in [2.24, 2.45) is 0 Å². The van der Waals surface area contributed by atoms with Gasteiger partial charge in [0.05, 0.1) is 13.2 Å². The van der Waals surface area contributed by atoms with Gasteiger partial charge in [0, 0.05) is 35.8 Å². The second kappa shape index (κ2) is 7.49. The van der Waals surface area contributed by atoms with E-state index in [0.717, 1.165) is 23.7 Å². The molecule has 0 aliphatic heterocycles. The van der Waals surface area contributed by atoms with Gasteiger partial charge in [0.25, 0.3) is 5.91 Å². The lowest BCUT2D eigenvalue weighted by Crippen LogP contribution is -2.38. The molecule has 24 heavy (non-hydrogen) atoms. The predicted molar refractivity (Wildman–Crippen MR) is 92.2 cm³/mol. The number of hydrogen-bond acceptors (Lipinski definition) is 3. The molecular formula is C18H23N3O3. The van der Waals surface area contributed by atoms with Gasteiger partial charge in [-0.05, 0) is 49.4 Å². The molecule has 2 amide bonds. The molecule has 1 heterocycles. The molecule has 0 unspecified atom stereocenters. The molecule has 0 fully saturated rings. The van der Waals surface area contributed by atoms with Crippen molar-refractivity contribution in [1.29, 1.82) is 0 Å². The second-order valence-electron chi connectivity index (χ2n) is 6.08. The number of aromatic amines is 1. The molecule has 1 aliphatic rings. The van der Waals surface area contributed by atoms with Gasteiger partial charge >= 0.3 is 0 Å². The highest BCUT2D eigenvalue weighted by Gasteiger charge is 2.17. The third kappa shape index (κ3) is 3.59. The predicted octanol–water partition coefficient (Wildman–Crippen LogP) is 1.54. The highest BCUT2D eigenvalue weighted by molar-refractivity contribution is 6.00. The fourth-order valence-corrected chi connectivity index (χ4v) is 3.16. The molecule has 2 aromatic rings. The van der Waals surface area contributed by atoms with Crippen molar-refractivity contribution in [3.8, 4) is 0 Å². The summed E-state index contributed by atoms with van der Waals surface area (Å²) in [6.07, 6.45) is 4.54. The van der Waals surface area contributed by atoms with Gasteiger partial charge in [-0.25, -0.2) is 0 Å². The summed E-state index contributed by atoms with van der Waals surface area (Å²) in [6, 6.07) is 5.66. The molecule has 0 saturated heterocycles. The molecular weight excluding hydrogens is 306 g/mol. The molecule has 0 saturated carbocycles. The van der Waals surface area contributed by atoms with Crippen LogP contribution in [0.3, 0.4) is 0 Å². The maximum atomic E-state index is 12.3. The van der Waals surface area contributed by atoms with Crippen molar-refractivity contribution in [3.05, 3.63) is 35.0 Å².